The highest BCUT2D eigenvalue weighted by atomic mass is 16.6. The van der Waals surface area contributed by atoms with Gasteiger partial charge in [0.2, 0.25) is 0 Å². The Bertz CT molecular complexity index is 888. The summed E-state index contributed by atoms with van der Waals surface area (Å²) in [5.41, 5.74) is -0.132. The summed E-state index contributed by atoms with van der Waals surface area (Å²) in [7, 11) is 1.38. The van der Waals surface area contributed by atoms with Crippen LogP contribution in [-0.2, 0) is 14.3 Å². The summed E-state index contributed by atoms with van der Waals surface area (Å²) in [4.78, 5) is 29.5. The second-order valence-corrected chi connectivity index (χ2v) is 7.63. The molecular weight excluding hydrogens is 426 g/mol. The summed E-state index contributed by atoms with van der Waals surface area (Å²) in [6.07, 6.45) is 1.35. The van der Waals surface area contributed by atoms with Crippen molar-refractivity contribution in [2.75, 3.05) is 20.3 Å². The number of ketones is 1. The zero-order chi connectivity index (χ0) is 24.2. The zero-order valence-electron chi connectivity index (χ0n) is 19.7. The number of esters is 1. The van der Waals surface area contributed by atoms with Crippen LogP contribution in [0.5, 0.6) is 17.2 Å². The average molecular weight is 460 g/mol. The normalized spacial score (nSPS) is 13.6. The quantitative estimate of drug-likeness (QED) is 0.255. The van der Waals surface area contributed by atoms with E-state index in [-0.39, 0.29) is 30.2 Å². The van der Waals surface area contributed by atoms with Crippen LogP contribution in [0.4, 0.5) is 0 Å². The maximum Gasteiger partial charge on any atom is 0.309 e. The molecule has 0 saturated heterocycles. The van der Waals surface area contributed by atoms with Crippen LogP contribution < -0.4 is 9.47 Å². The molecule has 2 aromatic rings. The molecule has 2 rings (SSSR count). The fourth-order valence-corrected chi connectivity index (χ4v) is 3.16. The van der Waals surface area contributed by atoms with Gasteiger partial charge in [0.05, 0.1) is 19.6 Å². The Labute approximate surface area is 194 Å². The first kappa shape index (κ1) is 26.1. The van der Waals surface area contributed by atoms with Crippen molar-refractivity contribution in [3.63, 3.8) is 0 Å². The minimum absolute atomic E-state index is 0.132. The minimum Gasteiger partial charge on any atom is -0.503 e. The van der Waals surface area contributed by atoms with Crippen molar-refractivity contribution in [3.8, 4) is 17.2 Å². The first-order chi connectivity index (χ1) is 15.9. The SMILES string of the molecule is CCCOC[C@@H](Oc1ccccc1)[C@H](C)OC(=O)[C@H](CC)CC(=O)c1nccc(OC)c1O. The third-order valence-electron chi connectivity index (χ3n) is 5.12. The number of carbonyl (C=O) groups excluding carboxylic acids is 2. The number of pyridine rings is 1. The predicted molar refractivity (Wildman–Crippen MR) is 123 cm³/mol. The van der Waals surface area contributed by atoms with Crippen molar-refractivity contribution < 1.29 is 33.6 Å². The Morgan fingerprint density at radius 3 is 2.48 bits per heavy atom. The van der Waals surface area contributed by atoms with Crippen molar-refractivity contribution >= 4 is 11.8 Å². The smallest absolute Gasteiger partial charge is 0.309 e. The average Bonchev–Trinajstić information content (AvgIpc) is 2.82. The Morgan fingerprint density at radius 2 is 1.85 bits per heavy atom. The van der Waals surface area contributed by atoms with Crippen molar-refractivity contribution in [2.24, 2.45) is 5.92 Å². The molecule has 8 heteroatoms. The highest BCUT2D eigenvalue weighted by Gasteiger charge is 2.29. The lowest BCUT2D eigenvalue weighted by molar-refractivity contribution is -0.159. The molecule has 0 aliphatic rings. The number of rotatable bonds is 14. The molecule has 8 nitrogen and oxygen atoms in total. The third-order valence-corrected chi connectivity index (χ3v) is 5.12. The molecule has 0 bridgehead atoms. The van der Waals surface area contributed by atoms with E-state index in [1.165, 1.54) is 19.4 Å². The van der Waals surface area contributed by atoms with Crippen molar-refractivity contribution in [1.82, 2.24) is 4.98 Å². The van der Waals surface area contributed by atoms with Gasteiger partial charge in [-0.15, -0.1) is 0 Å². The third kappa shape index (κ3) is 7.75. The summed E-state index contributed by atoms with van der Waals surface area (Å²) < 4.78 is 22.3. The molecule has 1 aromatic carbocycles. The summed E-state index contributed by atoms with van der Waals surface area (Å²) in [6.45, 7) is 6.37. The van der Waals surface area contributed by atoms with Gasteiger partial charge >= 0.3 is 5.97 Å². The zero-order valence-corrected chi connectivity index (χ0v) is 19.7. The van der Waals surface area contributed by atoms with E-state index in [0.717, 1.165) is 6.42 Å². The number of methoxy groups -OCH3 is 1. The van der Waals surface area contributed by atoms with Crippen LogP contribution in [0.2, 0.25) is 0 Å². The Hall–Kier alpha value is -3.13. The monoisotopic (exact) mass is 459 g/mol. The van der Waals surface area contributed by atoms with Crippen LogP contribution >= 0.6 is 0 Å². The van der Waals surface area contributed by atoms with Gasteiger partial charge in [0.1, 0.15) is 11.9 Å². The molecule has 0 unspecified atom stereocenters. The first-order valence-electron chi connectivity index (χ1n) is 11.2. The molecule has 0 fully saturated rings. The van der Waals surface area contributed by atoms with E-state index >= 15 is 0 Å². The number of hydrogen-bond donors (Lipinski definition) is 1. The molecule has 0 saturated carbocycles. The Balaban J connectivity index is 2.05. The highest BCUT2D eigenvalue weighted by molar-refractivity contribution is 5.99. The van der Waals surface area contributed by atoms with Crippen LogP contribution in [0, 0.1) is 5.92 Å². The van der Waals surface area contributed by atoms with E-state index in [1.54, 1.807) is 13.8 Å². The van der Waals surface area contributed by atoms with Crippen molar-refractivity contribution in [1.29, 1.82) is 0 Å². The number of para-hydroxylation sites is 1. The maximum atomic E-state index is 12.9. The maximum absolute atomic E-state index is 12.9. The molecule has 3 atom stereocenters. The highest BCUT2D eigenvalue weighted by Crippen LogP contribution is 2.29. The summed E-state index contributed by atoms with van der Waals surface area (Å²) >= 11 is 0. The first-order valence-corrected chi connectivity index (χ1v) is 11.2. The van der Waals surface area contributed by atoms with E-state index in [2.05, 4.69) is 4.98 Å². The van der Waals surface area contributed by atoms with Gasteiger partial charge in [-0.25, -0.2) is 4.98 Å². The molecule has 33 heavy (non-hydrogen) atoms. The van der Waals surface area contributed by atoms with Gasteiger partial charge < -0.3 is 24.1 Å². The molecule has 0 amide bonds. The number of Topliss-reactive ketones (excluding diaryl/α,β-unsaturated/α-hetero) is 1. The van der Waals surface area contributed by atoms with E-state index in [4.69, 9.17) is 18.9 Å². The van der Waals surface area contributed by atoms with E-state index < -0.39 is 29.9 Å². The van der Waals surface area contributed by atoms with Gasteiger partial charge in [-0.05, 0) is 31.9 Å². The number of hydrogen-bond acceptors (Lipinski definition) is 8. The summed E-state index contributed by atoms with van der Waals surface area (Å²) in [6, 6.07) is 10.7. The second-order valence-electron chi connectivity index (χ2n) is 7.63. The van der Waals surface area contributed by atoms with Gasteiger partial charge in [0, 0.05) is 25.3 Å². The largest absolute Gasteiger partial charge is 0.503 e. The predicted octanol–water partition coefficient (Wildman–Crippen LogP) is 4.20. The van der Waals surface area contributed by atoms with E-state index in [0.29, 0.717) is 18.8 Å². The van der Waals surface area contributed by atoms with Crippen LogP contribution in [0.1, 0.15) is 50.5 Å². The molecule has 180 valence electrons. The number of aromatic hydroxyl groups is 1. The van der Waals surface area contributed by atoms with Gasteiger partial charge in [-0.1, -0.05) is 32.0 Å². The molecular formula is C25H33NO7. The van der Waals surface area contributed by atoms with Crippen molar-refractivity contribution in [2.45, 2.75) is 52.2 Å². The lowest BCUT2D eigenvalue weighted by Gasteiger charge is -2.26. The van der Waals surface area contributed by atoms with Gasteiger partial charge in [0.25, 0.3) is 0 Å². The van der Waals surface area contributed by atoms with E-state index in [9.17, 15) is 14.7 Å². The fraction of sp³-hybridized carbons (Fsp3) is 0.480. The molecule has 0 spiro atoms. The van der Waals surface area contributed by atoms with Gasteiger partial charge in [-0.3, -0.25) is 9.59 Å². The number of ether oxygens (including phenoxy) is 4. The van der Waals surface area contributed by atoms with Crippen LogP contribution in [0.15, 0.2) is 42.6 Å². The molecule has 1 heterocycles. The van der Waals surface area contributed by atoms with Crippen molar-refractivity contribution in [3.05, 3.63) is 48.3 Å². The van der Waals surface area contributed by atoms with Crippen LogP contribution in [0.3, 0.4) is 0 Å². The summed E-state index contributed by atoms with van der Waals surface area (Å²) in [5.74, 6) is -1.23. The molecule has 0 aliphatic heterocycles. The second kappa shape index (κ2) is 13.4. The Kier molecular flexibility index (Phi) is 10.6. The lowest BCUT2D eigenvalue weighted by Crippen LogP contribution is -2.39. The van der Waals surface area contributed by atoms with Gasteiger partial charge in [-0.2, -0.15) is 0 Å². The number of benzene rings is 1. The van der Waals surface area contributed by atoms with E-state index in [1.807, 2.05) is 37.3 Å². The number of carbonyl (C=O) groups is 2. The molecule has 1 N–H and O–H groups in total. The standard InChI is InChI=1S/C25H33NO7/c1-5-14-31-16-22(33-19-10-8-7-9-11-19)17(3)32-25(29)18(6-2)15-20(27)23-24(28)21(30-4)12-13-26-23/h7-13,17-18,22,28H,5-6,14-16H2,1-4H3/t17-,18+,22+/m0/s1. The fourth-order valence-electron chi connectivity index (χ4n) is 3.16. The van der Waals surface area contributed by atoms with Crippen LogP contribution in [-0.4, -0.2) is 54.4 Å². The minimum atomic E-state index is -0.693. The lowest BCUT2D eigenvalue weighted by atomic mass is 9.97. The molecule has 0 radical (unpaired) electrons. The Morgan fingerprint density at radius 1 is 1.12 bits per heavy atom. The number of aromatic nitrogens is 1. The molecule has 0 aliphatic carbocycles. The topological polar surface area (TPSA) is 104 Å². The summed E-state index contributed by atoms with van der Waals surface area (Å²) in [5, 5.41) is 10.2. The van der Waals surface area contributed by atoms with Crippen LogP contribution in [0.25, 0.3) is 0 Å². The van der Waals surface area contributed by atoms with Gasteiger partial charge in [0.15, 0.2) is 29.1 Å². The molecule has 1 aromatic heterocycles. The number of nitrogens with zero attached hydrogens (tertiary/aromatic N) is 1.